The number of hydrogen-bond acceptors (Lipinski definition) is 6. The predicted octanol–water partition coefficient (Wildman–Crippen LogP) is -1.13. The van der Waals surface area contributed by atoms with Crippen molar-refractivity contribution in [1.82, 2.24) is 0 Å². The molecule has 0 aliphatic heterocycles. The third-order valence-electron chi connectivity index (χ3n) is 1.44. The van der Waals surface area contributed by atoms with Gasteiger partial charge in [-0.1, -0.05) is 0 Å². The van der Waals surface area contributed by atoms with Crippen LogP contribution in [0.15, 0.2) is 0 Å². The number of phosphoric acid groups is 1. The first-order valence-electron chi connectivity index (χ1n) is 3.94. The van der Waals surface area contributed by atoms with Crippen LogP contribution in [0.2, 0.25) is 0 Å². The van der Waals surface area contributed by atoms with Crippen molar-refractivity contribution in [3.05, 3.63) is 0 Å². The maximum Gasteiger partial charge on any atom is 0.529 e. The summed E-state index contributed by atoms with van der Waals surface area (Å²) in [7, 11) is -3.47. The molecule has 0 fully saturated rings. The Balaban J connectivity index is 4.10. The maximum absolute atomic E-state index is 11.0. The minimum atomic E-state index is -4.38. The first-order valence-corrected chi connectivity index (χ1v) is 5.44. The van der Waals surface area contributed by atoms with Crippen LogP contribution < -0.4 is 11.5 Å². The molecule has 9 heteroatoms. The summed E-state index contributed by atoms with van der Waals surface area (Å²) in [6, 6.07) is -1.19. The monoisotopic (exact) mass is 240 g/mol. The Morgan fingerprint density at radius 2 is 2.07 bits per heavy atom. The maximum atomic E-state index is 11.0. The van der Waals surface area contributed by atoms with Crippen molar-refractivity contribution in [1.29, 1.82) is 0 Å². The average molecular weight is 240 g/mol. The zero-order chi connectivity index (χ0) is 12.1. The molecular formula is C6H13N2O6P. The molecule has 0 aromatic rings. The Morgan fingerprint density at radius 3 is 2.47 bits per heavy atom. The molecule has 0 spiro atoms. The molecule has 5 N–H and O–H groups in total. The van der Waals surface area contributed by atoms with Crippen LogP contribution in [0, 0.1) is 0 Å². The molecule has 0 saturated carbocycles. The van der Waals surface area contributed by atoms with Crippen molar-refractivity contribution in [2.75, 3.05) is 7.11 Å². The summed E-state index contributed by atoms with van der Waals surface area (Å²) in [6.45, 7) is 0. The van der Waals surface area contributed by atoms with E-state index in [-0.39, 0.29) is 12.8 Å². The van der Waals surface area contributed by atoms with Gasteiger partial charge in [0.1, 0.15) is 6.04 Å². The molecule has 0 bridgehead atoms. The highest BCUT2D eigenvalue weighted by atomic mass is 31.2. The van der Waals surface area contributed by atoms with E-state index in [0.29, 0.717) is 0 Å². The van der Waals surface area contributed by atoms with Gasteiger partial charge in [0, 0.05) is 13.5 Å². The first-order chi connectivity index (χ1) is 6.78. The Bertz CT molecular complexity index is 293. The largest absolute Gasteiger partial charge is 0.529 e. The summed E-state index contributed by atoms with van der Waals surface area (Å²) >= 11 is 0. The quantitative estimate of drug-likeness (QED) is 0.498. The molecule has 1 unspecified atom stereocenters. The molecule has 1 amide bonds. The minimum absolute atomic E-state index is 0.0577. The predicted molar refractivity (Wildman–Crippen MR) is 49.3 cm³/mol. The average Bonchev–Trinajstić information content (AvgIpc) is 2.13. The van der Waals surface area contributed by atoms with Gasteiger partial charge >= 0.3 is 13.8 Å². The summed E-state index contributed by atoms with van der Waals surface area (Å²) in [6.07, 6.45) is -0.170. The summed E-state index contributed by atoms with van der Waals surface area (Å²) < 4.78 is 18.8. The Labute approximate surface area is 86.1 Å². The third-order valence-corrected chi connectivity index (χ3v) is 2.31. The second-order valence-electron chi connectivity index (χ2n) is 2.67. The van der Waals surface area contributed by atoms with Gasteiger partial charge < -0.3 is 16.0 Å². The molecule has 0 rings (SSSR count). The molecule has 88 valence electrons. The van der Waals surface area contributed by atoms with Crippen LogP contribution in [-0.4, -0.2) is 29.9 Å². The van der Waals surface area contributed by atoms with Crippen LogP contribution in [-0.2, 0) is 23.2 Å². The van der Waals surface area contributed by atoms with Gasteiger partial charge in [-0.2, -0.15) is 0 Å². The zero-order valence-corrected chi connectivity index (χ0v) is 8.98. The van der Waals surface area contributed by atoms with E-state index in [2.05, 4.69) is 9.05 Å². The number of nitrogens with two attached hydrogens (primary N) is 2. The van der Waals surface area contributed by atoms with Crippen molar-refractivity contribution in [2.24, 2.45) is 11.5 Å². The molecular weight excluding hydrogens is 227 g/mol. The van der Waals surface area contributed by atoms with E-state index in [1.807, 2.05) is 0 Å². The van der Waals surface area contributed by atoms with Gasteiger partial charge in [0.15, 0.2) is 0 Å². The summed E-state index contributed by atoms with van der Waals surface area (Å²) in [4.78, 5) is 30.1. The number of rotatable bonds is 6. The number of primary amides is 1. The Kier molecular flexibility index (Phi) is 5.45. The van der Waals surface area contributed by atoms with Gasteiger partial charge in [0.25, 0.3) is 0 Å². The lowest BCUT2D eigenvalue weighted by Crippen LogP contribution is -2.33. The molecule has 2 atom stereocenters. The smallest absolute Gasteiger partial charge is 0.370 e. The van der Waals surface area contributed by atoms with Crippen molar-refractivity contribution in [3.8, 4) is 0 Å². The molecule has 15 heavy (non-hydrogen) atoms. The summed E-state index contributed by atoms with van der Waals surface area (Å²) in [5, 5.41) is 0. The van der Waals surface area contributed by atoms with Gasteiger partial charge in [-0.25, -0.2) is 9.36 Å². The Morgan fingerprint density at radius 1 is 1.53 bits per heavy atom. The second-order valence-corrected chi connectivity index (χ2v) is 4.16. The van der Waals surface area contributed by atoms with E-state index in [1.165, 1.54) is 0 Å². The summed E-state index contributed by atoms with van der Waals surface area (Å²) in [5.74, 6) is -1.75. The lowest BCUT2D eigenvalue weighted by atomic mass is 10.2. The highest BCUT2D eigenvalue weighted by molar-refractivity contribution is 7.48. The van der Waals surface area contributed by atoms with Crippen molar-refractivity contribution < 1.29 is 28.1 Å². The lowest BCUT2D eigenvalue weighted by molar-refractivity contribution is -0.137. The van der Waals surface area contributed by atoms with E-state index >= 15 is 0 Å². The fraction of sp³-hybridized carbons (Fsp3) is 0.667. The number of hydrogen-bond donors (Lipinski definition) is 3. The normalized spacial score (nSPS) is 16.5. The van der Waals surface area contributed by atoms with Gasteiger partial charge in [0.05, 0.1) is 0 Å². The second kappa shape index (κ2) is 5.82. The van der Waals surface area contributed by atoms with Crippen LogP contribution >= 0.6 is 7.82 Å². The van der Waals surface area contributed by atoms with Crippen LogP contribution in [0.5, 0.6) is 0 Å². The van der Waals surface area contributed by atoms with E-state index in [9.17, 15) is 14.2 Å². The van der Waals surface area contributed by atoms with E-state index in [1.54, 1.807) is 0 Å². The fourth-order valence-corrected chi connectivity index (χ4v) is 1.07. The Hall–Kier alpha value is -0.950. The van der Waals surface area contributed by atoms with Crippen LogP contribution in [0.1, 0.15) is 12.8 Å². The fourth-order valence-electron chi connectivity index (χ4n) is 0.634. The van der Waals surface area contributed by atoms with Crippen LogP contribution in [0.25, 0.3) is 0 Å². The lowest BCUT2D eigenvalue weighted by Gasteiger charge is -2.12. The molecule has 0 heterocycles. The van der Waals surface area contributed by atoms with Gasteiger partial charge in [0.2, 0.25) is 5.91 Å². The first kappa shape index (κ1) is 14.1. The van der Waals surface area contributed by atoms with Crippen molar-refractivity contribution in [2.45, 2.75) is 18.9 Å². The van der Waals surface area contributed by atoms with Gasteiger partial charge in [-0.05, 0) is 6.42 Å². The van der Waals surface area contributed by atoms with Gasteiger partial charge in [-0.15, -0.1) is 0 Å². The molecule has 0 saturated heterocycles. The number of phosphoric ester groups is 1. The standard InChI is InChI=1S/C6H13N2O6P/c1-13-15(11,12)14-6(10)4(7)2-3-5(8)9/h4H,2-3,7H2,1H3,(H2,8,9)(H,11,12)/t4-/m0/s1. The molecule has 0 aliphatic carbocycles. The number of amides is 1. The van der Waals surface area contributed by atoms with Gasteiger partial charge in [-0.3, -0.25) is 14.2 Å². The molecule has 0 radical (unpaired) electrons. The molecule has 8 nitrogen and oxygen atoms in total. The SMILES string of the molecule is COP(=O)(O)OC(=O)[C@@H](N)CCC(N)=O. The highest BCUT2D eigenvalue weighted by Gasteiger charge is 2.27. The third kappa shape index (κ3) is 6.19. The molecule has 0 aliphatic rings. The van der Waals surface area contributed by atoms with Crippen LogP contribution in [0.4, 0.5) is 0 Å². The number of carbonyl (C=O) groups excluding carboxylic acids is 2. The van der Waals surface area contributed by atoms with E-state index in [0.717, 1.165) is 7.11 Å². The zero-order valence-electron chi connectivity index (χ0n) is 8.08. The van der Waals surface area contributed by atoms with E-state index in [4.69, 9.17) is 16.4 Å². The van der Waals surface area contributed by atoms with Crippen molar-refractivity contribution >= 4 is 19.7 Å². The molecule has 0 aromatic carbocycles. The number of carbonyl (C=O) groups is 2. The highest BCUT2D eigenvalue weighted by Crippen LogP contribution is 2.42. The van der Waals surface area contributed by atoms with Crippen molar-refractivity contribution in [3.63, 3.8) is 0 Å². The van der Waals surface area contributed by atoms with Crippen LogP contribution in [0.3, 0.4) is 0 Å². The topological polar surface area (TPSA) is 142 Å². The minimum Gasteiger partial charge on any atom is -0.370 e. The summed E-state index contributed by atoms with van der Waals surface area (Å²) in [5.41, 5.74) is 10.1. The van der Waals surface area contributed by atoms with E-state index < -0.39 is 25.7 Å². The molecule has 0 aromatic heterocycles.